The number of carboxylic acid groups (broad SMARTS) is 2. The second-order valence-electron chi connectivity index (χ2n) is 3.01. The highest BCUT2D eigenvalue weighted by Crippen LogP contribution is 2.12. The minimum Gasteiger partial charge on any atom is -0.465 e. The second-order valence-corrected chi connectivity index (χ2v) is 3.66. The van der Waals surface area contributed by atoms with Crippen molar-refractivity contribution in [2.45, 2.75) is 6.04 Å². The Labute approximate surface area is 89.2 Å². The van der Waals surface area contributed by atoms with Gasteiger partial charge in [0.25, 0.3) is 0 Å². The molecule has 0 aromatic carbocycles. The number of piperazine rings is 1. The molecule has 1 aliphatic heterocycles. The van der Waals surface area contributed by atoms with Crippen LogP contribution < -0.4 is 0 Å². The van der Waals surface area contributed by atoms with Crippen LogP contribution in [0.2, 0.25) is 0 Å². The van der Waals surface area contributed by atoms with Crippen LogP contribution in [-0.4, -0.2) is 63.2 Å². The van der Waals surface area contributed by atoms with Crippen LogP contribution in [0.3, 0.4) is 0 Å². The molecule has 0 aromatic heterocycles. The molecule has 80 valence electrons. The molecule has 0 bridgehead atoms. The molecule has 1 aliphatic rings. The molecule has 7 heteroatoms. The quantitative estimate of drug-likeness (QED) is 0.686. The van der Waals surface area contributed by atoms with Gasteiger partial charge in [0, 0.05) is 25.0 Å². The first kappa shape index (κ1) is 11.1. The van der Waals surface area contributed by atoms with Gasteiger partial charge in [-0.3, -0.25) is 0 Å². The molecule has 0 saturated carbocycles. The summed E-state index contributed by atoms with van der Waals surface area (Å²) in [5, 5.41) is 18.0. The fourth-order valence-electron chi connectivity index (χ4n) is 1.41. The zero-order chi connectivity index (χ0) is 10.7. The third kappa shape index (κ3) is 2.28. The fourth-order valence-corrected chi connectivity index (χ4v) is 1.97. The number of hydrogen-bond acceptors (Lipinski definition) is 2. The molecular formula is C7H11BrN2O4. The minimum absolute atomic E-state index is 0.229. The van der Waals surface area contributed by atoms with E-state index in [1.807, 2.05) is 0 Å². The van der Waals surface area contributed by atoms with Crippen molar-refractivity contribution in [3.05, 3.63) is 0 Å². The lowest BCUT2D eigenvalue weighted by atomic mass is 10.2. The highest BCUT2D eigenvalue weighted by atomic mass is 79.9. The highest BCUT2D eigenvalue weighted by molar-refractivity contribution is 9.09. The van der Waals surface area contributed by atoms with Crippen LogP contribution in [0, 0.1) is 0 Å². The van der Waals surface area contributed by atoms with Gasteiger partial charge in [-0.15, -0.1) is 0 Å². The summed E-state index contributed by atoms with van der Waals surface area (Å²) >= 11 is 3.17. The van der Waals surface area contributed by atoms with Crippen molar-refractivity contribution in [1.82, 2.24) is 9.80 Å². The maximum Gasteiger partial charge on any atom is 0.407 e. The van der Waals surface area contributed by atoms with Gasteiger partial charge in [0.15, 0.2) is 0 Å². The molecule has 2 N–H and O–H groups in total. The van der Waals surface area contributed by atoms with Crippen molar-refractivity contribution in [2.24, 2.45) is 0 Å². The summed E-state index contributed by atoms with van der Waals surface area (Å²) in [5.41, 5.74) is 0. The van der Waals surface area contributed by atoms with Gasteiger partial charge in [-0.05, 0) is 0 Å². The van der Waals surface area contributed by atoms with Crippen LogP contribution in [0.25, 0.3) is 0 Å². The van der Waals surface area contributed by atoms with Gasteiger partial charge in [0.05, 0.1) is 6.04 Å². The summed E-state index contributed by atoms with van der Waals surface area (Å²) in [7, 11) is 0. The summed E-state index contributed by atoms with van der Waals surface area (Å²) in [4.78, 5) is 23.9. The molecule has 0 radical (unpaired) electrons. The summed E-state index contributed by atoms with van der Waals surface area (Å²) in [6, 6.07) is -0.294. The van der Waals surface area contributed by atoms with E-state index in [1.165, 1.54) is 9.80 Å². The molecule has 1 unspecified atom stereocenters. The summed E-state index contributed by atoms with van der Waals surface area (Å²) in [5.74, 6) is 0. The summed E-state index contributed by atoms with van der Waals surface area (Å²) in [6.07, 6.45) is -2.00. The minimum atomic E-state index is -1.00. The van der Waals surface area contributed by atoms with Gasteiger partial charge in [-0.2, -0.15) is 0 Å². The molecule has 2 amide bonds. The fraction of sp³-hybridized carbons (Fsp3) is 0.714. The van der Waals surface area contributed by atoms with Crippen LogP contribution in [0.5, 0.6) is 0 Å². The lowest BCUT2D eigenvalue weighted by Gasteiger charge is -2.37. The highest BCUT2D eigenvalue weighted by Gasteiger charge is 2.31. The largest absolute Gasteiger partial charge is 0.465 e. The molecule has 6 nitrogen and oxygen atoms in total. The Hall–Kier alpha value is -0.980. The van der Waals surface area contributed by atoms with Gasteiger partial charge >= 0.3 is 12.2 Å². The van der Waals surface area contributed by atoms with Crippen molar-refractivity contribution in [3.8, 4) is 0 Å². The number of rotatable bonds is 1. The second kappa shape index (κ2) is 4.50. The predicted molar refractivity (Wildman–Crippen MR) is 51.9 cm³/mol. The number of nitrogens with zero attached hydrogens (tertiary/aromatic N) is 2. The number of carbonyl (C=O) groups is 2. The van der Waals surface area contributed by atoms with E-state index in [1.54, 1.807) is 0 Å². The maximum absolute atomic E-state index is 10.7. The first-order chi connectivity index (χ1) is 6.56. The van der Waals surface area contributed by atoms with Gasteiger partial charge in [0.2, 0.25) is 0 Å². The van der Waals surface area contributed by atoms with Crippen LogP contribution in [0.4, 0.5) is 9.59 Å². The zero-order valence-corrected chi connectivity index (χ0v) is 8.98. The van der Waals surface area contributed by atoms with E-state index in [-0.39, 0.29) is 25.7 Å². The third-order valence-corrected chi connectivity index (χ3v) is 2.92. The first-order valence-electron chi connectivity index (χ1n) is 4.09. The van der Waals surface area contributed by atoms with E-state index in [0.717, 1.165) is 0 Å². The van der Waals surface area contributed by atoms with Crippen LogP contribution in [-0.2, 0) is 0 Å². The average molecular weight is 267 g/mol. The Balaban J connectivity index is 2.63. The molecule has 0 spiro atoms. The molecule has 0 aliphatic carbocycles. The van der Waals surface area contributed by atoms with Crippen LogP contribution in [0.1, 0.15) is 0 Å². The molecular weight excluding hydrogens is 256 g/mol. The number of hydrogen-bond donors (Lipinski definition) is 2. The Bertz CT molecular complexity index is 248. The topological polar surface area (TPSA) is 81.1 Å². The molecule has 1 fully saturated rings. The summed E-state index contributed by atoms with van der Waals surface area (Å²) in [6.45, 7) is 0.704. The van der Waals surface area contributed by atoms with Crippen LogP contribution >= 0.6 is 15.9 Å². The van der Waals surface area contributed by atoms with Crippen molar-refractivity contribution < 1.29 is 19.8 Å². The van der Waals surface area contributed by atoms with E-state index in [2.05, 4.69) is 15.9 Å². The monoisotopic (exact) mass is 266 g/mol. The lowest BCUT2D eigenvalue weighted by Crippen LogP contribution is -2.56. The Kier molecular flexibility index (Phi) is 3.56. The standard InChI is InChI=1S/C7H11BrN2O4/c8-3-5-4-9(6(11)12)1-2-10(5)7(13)14/h5H,1-4H2,(H,11,12)(H,13,14). The van der Waals surface area contributed by atoms with E-state index in [0.29, 0.717) is 5.33 Å². The van der Waals surface area contributed by atoms with Crippen LogP contribution in [0.15, 0.2) is 0 Å². The Morgan fingerprint density at radius 1 is 1.29 bits per heavy atom. The SMILES string of the molecule is O=C(O)N1CCN(C(=O)O)C(CBr)C1. The predicted octanol–water partition coefficient (Wildman–Crippen LogP) is 0.724. The van der Waals surface area contributed by atoms with Gasteiger partial charge < -0.3 is 20.0 Å². The number of halogens is 1. The Morgan fingerprint density at radius 2 is 1.93 bits per heavy atom. The maximum atomic E-state index is 10.7. The third-order valence-electron chi connectivity index (χ3n) is 2.18. The van der Waals surface area contributed by atoms with Crippen molar-refractivity contribution in [1.29, 1.82) is 0 Å². The van der Waals surface area contributed by atoms with Crippen molar-refractivity contribution in [2.75, 3.05) is 25.0 Å². The lowest BCUT2D eigenvalue weighted by molar-refractivity contribution is 0.0709. The number of alkyl halides is 1. The van der Waals surface area contributed by atoms with Gasteiger partial charge in [0.1, 0.15) is 0 Å². The molecule has 1 atom stereocenters. The zero-order valence-electron chi connectivity index (χ0n) is 7.39. The smallest absolute Gasteiger partial charge is 0.407 e. The summed E-state index contributed by atoms with van der Waals surface area (Å²) < 4.78 is 0. The van der Waals surface area contributed by atoms with Crippen molar-refractivity contribution in [3.63, 3.8) is 0 Å². The Morgan fingerprint density at radius 3 is 2.36 bits per heavy atom. The first-order valence-corrected chi connectivity index (χ1v) is 5.21. The average Bonchev–Trinajstić information content (AvgIpc) is 2.16. The van der Waals surface area contributed by atoms with E-state index in [4.69, 9.17) is 10.2 Å². The molecule has 0 aromatic rings. The van der Waals surface area contributed by atoms with E-state index >= 15 is 0 Å². The van der Waals surface area contributed by atoms with Gasteiger partial charge in [-0.25, -0.2) is 9.59 Å². The number of amides is 2. The van der Waals surface area contributed by atoms with Crippen molar-refractivity contribution >= 4 is 28.1 Å². The molecule has 1 saturated heterocycles. The van der Waals surface area contributed by atoms with E-state index in [9.17, 15) is 9.59 Å². The normalized spacial score (nSPS) is 22.2. The van der Waals surface area contributed by atoms with E-state index < -0.39 is 12.2 Å². The molecule has 1 heterocycles. The van der Waals surface area contributed by atoms with Gasteiger partial charge in [-0.1, -0.05) is 15.9 Å². The molecule has 14 heavy (non-hydrogen) atoms. The molecule has 1 rings (SSSR count).